The molecule has 0 spiro atoms. The van der Waals surface area contributed by atoms with Crippen molar-refractivity contribution in [2.75, 3.05) is 13.1 Å². The van der Waals surface area contributed by atoms with E-state index in [1.54, 1.807) is 0 Å². The number of rotatable bonds is 4. The highest BCUT2D eigenvalue weighted by molar-refractivity contribution is 5.76. The molecule has 5 heteroatoms. The number of amides is 1. The summed E-state index contributed by atoms with van der Waals surface area (Å²) in [6.07, 6.45) is 8.75. The first-order valence-corrected chi connectivity index (χ1v) is 9.04. The largest absolute Gasteiger partial charge is 0.340 e. The van der Waals surface area contributed by atoms with E-state index in [1.807, 2.05) is 46.1 Å². The van der Waals surface area contributed by atoms with Gasteiger partial charge in [0.1, 0.15) is 5.69 Å². The van der Waals surface area contributed by atoms with Gasteiger partial charge < -0.3 is 4.90 Å². The number of benzene rings is 1. The highest BCUT2D eigenvalue weighted by Gasteiger charge is 2.30. The van der Waals surface area contributed by atoms with Crippen LogP contribution in [0.25, 0.3) is 11.3 Å². The van der Waals surface area contributed by atoms with Crippen LogP contribution < -0.4 is 0 Å². The van der Waals surface area contributed by atoms with Gasteiger partial charge in [-0.3, -0.25) is 4.79 Å². The summed E-state index contributed by atoms with van der Waals surface area (Å²) in [6.45, 7) is 1.61. The highest BCUT2D eigenvalue weighted by atomic mass is 16.2. The number of hydrogen-bond donors (Lipinski definition) is 0. The maximum Gasteiger partial charge on any atom is 0.222 e. The first-order valence-electron chi connectivity index (χ1n) is 9.04. The number of aromatic nitrogens is 3. The van der Waals surface area contributed by atoms with Gasteiger partial charge >= 0.3 is 0 Å². The molecule has 2 fully saturated rings. The lowest BCUT2D eigenvalue weighted by molar-refractivity contribution is -0.131. The van der Waals surface area contributed by atoms with E-state index in [0.717, 1.165) is 37.2 Å². The van der Waals surface area contributed by atoms with Crippen molar-refractivity contribution in [1.29, 1.82) is 0 Å². The maximum absolute atomic E-state index is 12.5. The van der Waals surface area contributed by atoms with Crippen LogP contribution in [0, 0.1) is 5.92 Å². The van der Waals surface area contributed by atoms with Gasteiger partial charge in [0.2, 0.25) is 5.91 Å². The van der Waals surface area contributed by atoms with Crippen LogP contribution in [0.3, 0.4) is 0 Å². The summed E-state index contributed by atoms with van der Waals surface area (Å²) in [4.78, 5) is 14.5. The van der Waals surface area contributed by atoms with Crippen LogP contribution in [0.1, 0.15) is 44.6 Å². The Balaban J connectivity index is 1.38. The molecule has 1 unspecified atom stereocenters. The lowest BCUT2D eigenvalue weighted by Crippen LogP contribution is -2.30. The number of carbonyl (C=O) groups is 1. The van der Waals surface area contributed by atoms with Crippen molar-refractivity contribution in [1.82, 2.24) is 19.9 Å². The minimum atomic E-state index is 0.252. The van der Waals surface area contributed by atoms with Gasteiger partial charge in [-0.2, -0.15) is 0 Å². The molecule has 4 rings (SSSR count). The van der Waals surface area contributed by atoms with Crippen molar-refractivity contribution in [3.05, 3.63) is 36.5 Å². The Morgan fingerprint density at radius 3 is 2.71 bits per heavy atom. The molecule has 1 saturated heterocycles. The van der Waals surface area contributed by atoms with Crippen molar-refractivity contribution in [3.8, 4) is 11.3 Å². The molecule has 0 N–H and O–H groups in total. The Morgan fingerprint density at radius 1 is 1.12 bits per heavy atom. The van der Waals surface area contributed by atoms with Gasteiger partial charge in [-0.25, -0.2) is 4.68 Å². The molecule has 1 aromatic carbocycles. The summed E-state index contributed by atoms with van der Waals surface area (Å²) < 4.78 is 1.94. The number of nitrogens with zero attached hydrogens (tertiary/aromatic N) is 4. The third-order valence-electron chi connectivity index (χ3n) is 5.41. The zero-order valence-corrected chi connectivity index (χ0v) is 14.0. The standard InChI is InChI=1S/C19H24N4O/c24-19(12-15-6-4-5-7-15)22-11-10-17(13-22)23-14-18(20-21-23)16-8-2-1-3-9-16/h1-3,8-9,14-15,17H,4-7,10-13H2. The van der Waals surface area contributed by atoms with Gasteiger partial charge in [-0.1, -0.05) is 48.4 Å². The van der Waals surface area contributed by atoms with Gasteiger partial charge in [-0.15, -0.1) is 5.10 Å². The Bertz CT molecular complexity index is 690. The number of likely N-dealkylation sites (tertiary alicyclic amines) is 1. The molecule has 1 aromatic heterocycles. The maximum atomic E-state index is 12.5. The molecule has 2 aliphatic rings. The number of hydrogen-bond acceptors (Lipinski definition) is 3. The second-order valence-corrected chi connectivity index (χ2v) is 7.09. The van der Waals surface area contributed by atoms with Crippen LogP contribution in [-0.4, -0.2) is 38.9 Å². The molecule has 1 atom stereocenters. The van der Waals surface area contributed by atoms with Gasteiger partial charge in [0.25, 0.3) is 0 Å². The molecular formula is C19H24N4O. The van der Waals surface area contributed by atoms with Crippen molar-refractivity contribution in [2.45, 2.75) is 44.6 Å². The summed E-state index contributed by atoms with van der Waals surface area (Å²) in [6, 6.07) is 10.3. The van der Waals surface area contributed by atoms with E-state index in [0.29, 0.717) is 11.8 Å². The van der Waals surface area contributed by atoms with Crippen LogP contribution in [0.15, 0.2) is 36.5 Å². The van der Waals surface area contributed by atoms with E-state index >= 15 is 0 Å². The predicted molar refractivity (Wildman–Crippen MR) is 92.3 cm³/mol. The molecule has 1 amide bonds. The predicted octanol–water partition coefficient (Wildman–Crippen LogP) is 3.30. The van der Waals surface area contributed by atoms with Crippen molar-refractivity contribution < 1.29 is 4.79 Å². The third-order valence-corrected chi connectivity index (χ3v) is 5.41. The number of carbonyl (C=O) groups excluding carboxylic acids is 1. The normalized spacial score (nSPS) is 21.5. The highest BCUT2D eigenvalue weighted by Crippen LogP contribution is 2.30. The summed E-state index contributed by atoms with van der Waals surface area (Å²) in [5.41, 5.74) is 1.97. The quantitative estimate of drug-likeness (QED) is 0.867. The van der Waals surface area contributed by atoms with Gasteiger partial charge in [0.15, 0.2) is 0 Å². The third kappa shape index (κ3) is 3.21. The van der Waals surface area contributed by atoms with E-state index in [9.17, 15) is 4.79 Å². The summed E-state index contributed by atoms with van der Waals surface area (Å²) in [7, 11) is 0. The zero-order chi connectivity index (χ0) is 16.4. The Labute approximate surface area is 142 Å². The molecule has 0 bridgehead atoms. The molecule has 2 aromatic rings. The average Bonchev–Trinajstić information content (AvgIpc) is 3.36. The molecule has 5 nitrogen and oxygen atoms in total. The lowest BCUT2D eigenvalue weighted by atomic mass is 10.0. The van der Waals surface area contributed by atoms with Gasteiger partial charge in [-0.05, 0) is 25.2 Å². The molecule has 1 aliphatic carbocycles. The summed E-state index contributed by atoms with van der Waals surface area (Å²) in [5.74, 6) is 0.945. The Morgan fingerprint density at radius 2 is 1.92 bits per heavy atom. The minimum Gasteiger partial charge on any atom is -0.340 e. The fraction of sp³-hybridized carbons (Fsp3) is 0.526. The van der Waals surface area contributed by atoms with Crippen molar-refractivity contribution in [2.24, 2.45) is 5.92 Å². The molecule has 0 radical (unpaired) electrons. The molecular weight excluding hydrogens is 300 g/mol. The van der Waals surface area contributed by atoms with Crippen molar-refractivity contribution >= 4 is 5.91 Å². The first kappa shape index (κ1) is 15.4. The van der Waals surface area contributed by atoms with Gasteiger partial charge in [0.05, 0.1) is 12.2 Å². The van der Waals surface area contributed by atoms with E-state index in [-0.39, 0.29) is 6.04 Å². The van der Waals surface area contributed by atoms with Crippen LogP contribution in [-0.2, 0) is 4.79 Å². The lowest BCUT2D eigenvalue weighted by Gasteiger charge is -2.18. The monoisotopic (exact) mass is 324 g/mol. The fourth-order valence-corrected chi connectivity index (χ4v) is 3.97. The van der Waals surface area contributed by atoms with E-state index in [2.05, 4.69) is 10.3 Å². The zero-order valence-electron chi connectivity index (χ0n) is 14.0. The summed E-state index contributed by atoms with van der Waals surface area (Å²) >= 11 is 0. The second kappa shape index (κ2) is 6.75. The Kier molecular flexibility index (Phi) is 4.32. The van der Waals surface area contributed by atoms with Crippen LogP contribution >= 0.6 is 0 Å². The summed E-state index contributed by atoms with van der Waals surface area (Å²) in [5, 5.41) is 8.59. The smallest absolute Gasteiger partial charge is 0.222 e. The fourth-order valence-electron chi connectivity index (χ4n) is 3.97. The van der Waals surface area contributed by atoms with Crippen LogP contribution in [0.5, 0.6) is 0 Å². The molecule has 1 saturated carbocycles. The SMILES string of the molecule is O=C(CC1CCCC1)N1CCC(n2cc(-c3ccccc3)nn2)C1. The van der Waals surface area contributed by atoms with Crippen molar-refractivity contribution in [3.63, 3.8) is 0 Å². The first-order chi connectivity index (χ1) is 11.8. The van der Waals surface area contributed by atoms with Gasteiger partial charge in [0, 0.05) is 25.1 Å². The second-order valence-electron chi connectivity index (χ2n) is 7.09. The van der Waals surface area contributed by atoms with E-state index in [4.69, 9.17) is 0 Å². The van der Waals surface area contributed by atoms with Crippen LogP contribution in [0.2, 0.25) is 0 Å². The molecule has 126 valence electrons. The minimum absolute atomic E-state index is 0.252. The van der Waals surface area contributed by atoms with E-state index < -0.39 is 0 Å². The van der Waals surface area contributed by atoms with E-state index in [1.165, 1.54) is 25.7 Å². The molecule has 2 heterocycles. The molecule has 1 aliphatic heterocycles. The average molecular weight is 324 g/mol. The Hall–Kier alpha value is -2.17. The molecule has 24 heavy (non-hydrogen) atoms. The van der Waals surface area contributed by atoms with Crippen LogP contribution in [0.4, 0.5) is 0 Å². The topological polar surface area (TPSA) is 51.0 Å².